The van der Waals surface area contributed by atoms with Gasteiger partial charge in [-0.2, -0.15) is 5.26 Å². The number of nitrogens with one attached hydrogen (secondary N) is 1. The number of carbonyl (C=O) groups excluding carboxylic acids is 1. The highest BCUT2D eigenvalue weighted by Crippen LogP contribution is 2.47. The van der Waals surface area contributed by atoms with Gasteiger partial charge in [-0.05, 0) is 31.0 Å². The van der Waals surface area contributed by atoms with Gasteiger partial charge in [0, 0.05) is 5.56 Å². The molecule has 1 aliphatic rings. The SMILES string of the molecule is N#CC1(C(=O)c2ccc3oc(=O)[nH]c3c2)CC1. The van der Waals surface area contributed by atoms with Crippen LogP contribution >= 0.6 is 0 Å². The number of oxazole rings is 1. The molecule has 0 amide bonds. The van der Waals surface area contributed by atoms with Crippen molar-refractivity contribution in [2.75, 3.05) is 0 Å². The van der Waals surface area contributed by atoms with Crippen molar-refractivity contribution in [3.8, 4) is 6.07 Å². The van der Waals surface area contributed by atoms with E-state index in [4.69, 9.17) is 9.68 Å². The van der Waals surface area contributed by atoms with Crippen LogP contribution in [0, 0.1) is 16.7 Å². The number of Topliss-reactive ketones (excluding diaryl/α,β-unsaturated/α-hetero) is 1. The van der Waals surface area contributed by atoms with Crippen molar-refractivity contribution < 1.29 is 9.21 Å². The topological polar surface area (TPSA) is 86.9 Å². The molecule has 1 saturated carbocycles. The van der Waals surface area contributed by atoms with E-state index in [1.54, 1.807) is 18.2 Å². The summed E-state index contributed by atoms with van der Waals surface area (Å²) in [5.41, 5.74) is 0.495. The molecule has 17 heavy (non-hydrogen) atoms. The van der Waals surface area contributed by atoms with Crippen LogP contribution in [-0.2, 0) is 0 Å². The Labute approximate surface area is 95.7 Å². The van der Waals surface area contributed by atoms with E-state index in [1.807, 2.05) is 0 Å². The van der Waals surface area contributed by atoms with Gasteiger partial charge in [0.1, 0.15) is 5.41 Å². The van der Waals surface area contributed by atoms with Crippen molar-refractivity contribution in [2.24, 2.45) is 5.41 Å². The number of hydrogen-bond acceptors (Lipinski definition) is 4. The molecule has 0 aliphatic heterocycles. The standard InChI is InChI=1S/C12H8N2O3/c13-6-12(3-4-12)10(15)7-1-2-9-8(5-7)14-11(16)17-9/h1-2,5H,3-4H2,(H,14,16). The lowest BCUT2D eigenvalue weighted by Crippen LogP contribution is -2.13. The van der Waals surface area contributed by atoms with Crippen LogP contribution in [0.15, 0.2) is 27.4 Å². The molecule has 0 unspecified atom stereocenters. The van der Waals surface area contributed by atoms with Crippen LogP contribution in [0.2, 0.25) is 0 Å². The highest BCUT2D eigenvalue weighted by Gasteiger charge is 2.50. The summed E-state index contributed by atoms with van der Waals surface area (Å²) < 4.78 is 4.84. The Hall–Kier alpha value is -2.35. The van der Waals surface area contributed by atoms with Crippen molar-refractivity contribution in [2.45, 2.75) is 12.8 Å². The van der Waals surface area contributed by atoms with E-state index in [2.05, 4.69) is 11.1 Å². The Morgan fingerprint density at radius 1 is 1.47 bits per heavy atom. The first-order chi connectivity index (χ1) is 8.14. The molecule has 5 heteroatoms. The van der Waals surface area contributed by atoms with Gasteiger partial charge in [-0.3, -0.25) is 9.78 Å². The summed E-state index contributed by atoms with van der Waals surface area (Å²) in [6, 6.07) is 6.76. The first-order valence-electron chi connectivity index (χ1n) is 5.24. The minimum atomic E-state index is -0.836. The second-order valence-electron chi connectivity index (χ2n) is 4.25. The van der Waals surface area contributed by atoms with Gasteiger partial charge in [0.05, 0.1) is 11.6 Å². The maximum absolute atomic E-state index is 12.1. The second-order valence-corrected chi connectivity index (χ2v) is 4.25. The molecule has 0 bridgehead atoms. The van der Waals surface area contributed by atoms with Gasteiger partial charge < -0.3 is 4.42 Å². The fourth-order valence-corrected chi connectivity index (χ4v) is 1.88. The van der Waals surface area contributed by atoms with Crippen LogP contribution in [0.1, 0.15) is 23.2 Å². The molecule has 1 aliphatic carbocycles. The van der Waals surface area contributed by atoms with Crippen molar-refractivity contribution >= 4 is 16.9 Å². The number of hydrogen-bond donors (Lipinski definition) is 1. The largest absolute Gasteiger partial charge is 0.417 e. The number of fused-ring (bicyclic) bond motifs is 1. The Morgan fingerprint density at radius 3 is 2.88 bits per heavy atom. The molecule has 84 valence electrons. The lowest BCUT2D eigenvalue weighted by molar-refractivity contribution is 0.0935. The molecule has 2 aromatic rings. The number of rotatable bonds is 2. The van der Waals surface area contributed by atoms with Crippen LogP contribution in [0.3, 0.4) is 0 Å². The van der Waals surface area contributed by atoms with Crippen molar-refractivity contribution in [3.63, 3.8) is 0 Å². The Morgan fingerprint density at radius 2 is 2.24 bits per heavy atom. The van der Waals surface area contributed by atoms with E-state index < -0.39 is 11.2 Å². The van der Waals surface area contributed by atoms with Gasteiger partial charge in [-0.1, -0.05) is 0 Å². The highest BCUT2D eigenvalue weighted by molar-refractivity contribution is 6.05. The molecule has 1 aromatic carbocycles. The Bertz CT molecular complexity index is 713. The lowest BCUT2D eigenvalue weighted by atomic mass is 9.96. The van der Waals surface area contributed by atoms with E-state index in [1.165, 1.54) is 0 Å². The van der Waals surface area contributed by atoms with Crippen LogP contribution in [0.4, 0.5) is 0 Å². The third kappa shape index (κ3) is 1.38. The maximum atomic E-state index is 12.1. The third-order valence-electron chi connectivity index (χ3n) is 3.08. The predicted molar refractivity (Wildman–Crippen MR) is 58.4 cm³/mol. The van der Waals surface area contributed by atoms with Crippen molar-refractivity contribution in [1.82, 2.24) is 4.98 Å². The number of nitrogens with zero attached hydrogens (tertiary/aromatic N) is 1. The summed E-state index contributed by atoms with van der Waals surface area (Å²) >= 11 is 0. The number of ketones is 1. The highest BCUT2D eigenvalue weighted by atomic mass is 16.4. The van der Waals surface area contributed by atoms with Gasteiger partial charge in [0.25, 0.3) is 0 Å². The van der Waals surface area contributed by atoms with Gasteiger partial charge in [-0.25, -0.2) is 4.79 Å². The zero-order chi connectivity index (χ0) is 12.0. The summed E-state index contributed by atoms with van der Waals surface area (Å²) in [4.78, 5) is 25.5. The molecule has 0 spiro atoms. The smallest absolute Gasteiger partial charge is 0.408 e. The van der Waals surface area contributed by atoms with Crippen LogP contribution in [-0.4, -0.2) is 10.8 Å². The Kier molecular flexibility index (Phi) is 1.78. The van der Waals surface area contributed by atoms with Crippen LogP contribution < -0.4 is 5.76 Å². The first-order valence-corrected chi connectivity index (χ1v) is 5.24. The zero-order valence-corrected chi connectivity index (χ0v) is 8.82. The van der Waals surface area contributed by atoms with Gasteiger partial charge in [-0.15, -0.1) is 0 Å². The number of aromatic amines is 1. The summed E-state index contributed by atoms with van der Waals surface area (Å²) in [6.45, 7) is 0. The van der Waals surface area contributed by atoms with E-state index in [9.17, 15) is 9.59 Å². The molecule has 1 fully saturated rings. The van der Waals surface area contributed by atoms with Crippen LogP contribution in [0.25, 0.3) is 11.1 Å². The van der Waals surface area contributed by atoms with Crippen molar-refractivity contribution in [3.05, 3.63) is 34.3 Å². The predicted octanol–water partition coefficient (Wildman–Crippen LogP) is 1.61. The lowest BCUT2D eigenvalue weighted by Gasteiger charge is -2.03. The number of nitriles is 1. The second kappa shape index (κ2) is 3.08. The Balaban J connectivity index is 2.10. The monoisotopic (exact) mass is 228 g/mol. The summed E-state index contributed by atoms with van der Waals surface area (Å²) in [6.07, 6.45) is 1.23. The number of carbonyl (C=O) groups is 1. The van der Waals surface area contributed by atoms with Gasteiger partial charge in [0.15, 0.2) is 11.4 Å². The van der Waals surface area contributed by atoms with Gasteiger partial charge >= 0.3 is 5.76 Å². The number of aromatic nitrogens is 1. The molecule has 1 heterocycles. The summed E-state index contributed by atoms with van der Waals surface area (Å²) in [5.74, 6) is -0.727. The van der Waals surface area contributed by atoms with E-state index in [0.717, 1.165) is 0 Å². The number of benzene rings is 1. The zero-order valence-electron chi connectivity index (χ0n) is 8.82. The number of H-pyrrole nitrogens is 1. The van der Waals surface area contributed by atoms with Gasteiger partial charge in [0.2, 0.25) is 0 Å². The average Bonchev–Trinajstić information content (AvgIpc) is 3.03. The molecule has 1 N–H and O–H groups in total. The fourth-order valence-electron chi connectivity index (χ4n) is 1.88. The first kappa shape index (κ1) is 9.85. The average molecular weight is 228 g/mol. The molecule has 0 atom stereocenters. The minimum Gasteiger partial charge on any atom is -0.408 e. The molecule has 0 saturated heterocycles. The van der Waals surface area contributed by atoms with Crippen molar-refractivity contribution in [1.29, 1.82) is 5.26 Å². The van der Waals surface area contributed by atoms with E-state index in [0.29, 0.717) is 29.5 Å². The van der Waals surface area contributed by atoms with E-state index in [-0.39, 0.29) is 5.78 Å². The molecular formula is C12H8N2O3. The van der Waals surface area contributed by atoms with Crippen LogP contribution in [0.5, 0.6) is 0 Å². The summed E-state index contributed by atoms with van der Waals surface area (Å²) in [5, 5.41) is 8.96. The quantitative estimate of drug-likeness (QED) is 0.791. The third-order valence-corrected chi connectivity index (χ3v) is 3.08. The normalized spacial score (nSPS) is 16.6. The maximum Gasteiger partial charge on any atom is 0.417 e. The fraction of sp³-hybridized carbons (Fsp3) is 0.250. The minimum absolute atomic E-state index is 0.177. The summed E-state index contributed by atoms with van der Waals surface area (Å²) in [7, 11) is 0. The van der Waals surface area contributed by atoms with E-state index >= 15 is 0 Å². The molecular weight excluding hydrogens is 220 g/mol. The molecule has 3 rings (SSSR count). The molecule has 0 radical (unpaired) electrons. The molecule has 1 aromatic heterocycles. The molecule has 5 nitrogen and oxygen atoms in total.